The number of H-pyrrole nitrogens is 1. The van der Waals surface area contributed by atoms with E-state index in [1.54, 1.807) is 31.1 Å². The normalized spacial score (nSPS) is 10.8. The fourth-order valence-corrected chi connectivity index (χ4v) is 2.30. The maximum Gasteiger partial charge on any atom is 0.253 e. The van der Waals surface area contributed by atoms with Crippen LogP contribution in [0.4, 0.5) is 0 Å². The van der Waals surface area contributed by atoms with Gasteiger partial charge in [0.1, 0.15) is 17.1 Å². The number of aromatic amines is 1. The Morgan fingerprint density at radius 3 is 2.52 bits per heavy atom. The summed E-state index contributed by atoms with van der Waals surface area (Å²) in [5.41, 5.74) is 3.19. The number of nitrogens with zero attached hydrogens (tertiary/aromatic N) is 3. The maximum atomic E-state index is 11.9. The van der Waals surface area contributed by atoms with Crippen molar-refractivity contribution in [2.24, 2.45) is 0 Å². The van der Waals surface area contributed by atoms with Crippen LogP contribution in [0.15, 0.2) is 36.7 Å². The zero-order valence-electron chi connectivity index (χ0n) is 11.6. The largest absolute Gasteiger partial charge is 0.345 e. The van der Waals surface area contributed by atoms with E-state index >= 15 is 0 Å². The molecule has 3 aromatic rings. The Balaban J connectivity index is 1.99. The van der Waals surface area contributed by atoms with Gasteiger partial charge in [0.15, 0.2) is 0 Å². The highest BCUT2D eigenvalue weighted by Gasteiger charge is 2.10. The first kappa shape index (κ1) is 13.6. The molecule has 5 nitrogen and oxygen atoms in total. The van der Waals surface area contributed by atoms with Crippen molar-refractivity contribution in [3.63, 3.8) is 0 Å². The summed E-state index contributed by atoms with van der Waals surface area (Å²) in [4.78, 5) is 24.7. The third-order valence-electron chi connectivity index (χ3n) is 3.23. The molecule has 1 N–H and O–H groups in total. The van der Waals surface area contributed by atoms with Gasteiger partial charge in [-0.2, -0.15) is 0 Å². The van der Waals surface area contributed by atoms with Crippen LogP contribution in [-0.2, 0) is 0 Å². The van der Waals surface area contributed by atoms with Crippen molar-refractivity contribution in [3.05, 3.63) is 47.4 Å². The summed E-state index contributed by atoms with van der Waals surface area (Å²) < 4.78 is 0. The average molecular weight is 301 g/mol. The molecule has 1 aromatic carbocycles. The van der Waals surface area contributed by atoms with Gasteiger partial charge >= 0.3 is 0 Å². The topological polar surface area (TPSA) is 61.9 Å². The fourth-order valence-electron chi connectivity index (χ4n) is 2.12. The third kappa shape index (κ3) is 2.48. The number of nitrogens with one attached hydrogen (secondary N) is 1. The van der Waals surface area contributed by atoms with Crippen molar-refractivity contribution in [1.82, 2.24) is 19.9 Å². The second-order valence-electron chi connectivity index (χ2n) is 4.89. The fraction of sp³-hybridized carbons (Fsp3) is 0.133. The average Bonchev–Trinajstić information content (AvgIpc) is 2.92. The third-order valence-corrected chi connectivity index (χ3v) is 3.53. The summed E-state index contributed by atoms with van der Waals surface area (Å²) in [5.74, 6) is -0.0212. The van der Waals surface area contributed by atoms with Crippen LogP contribution in [0, 0.1) is 0 Å². The second-order valence-corrected chi connectivity index (χ2v) is 5.24. The molecule has 2 aromatic heterocycles. The highest BCUT2D eigenvalue weighted by atomic mass is 35.5. The quantitative estimate of drug-likeness (QED) is 0.740. The predicted octanol–water partition coefficient (Wildman–Crippen LogP) is 2.98. The molecule has 0 fully saturated rings. The minimum atomic E-state index is -0.0212. The van der Waals surface area contributed by atoms with Crippen LogP contribution in [0.1, 0.15) is 10.4 Å². The summed E-state index contributed by atoms with van der Waals surface area (Å²) >= 11 is 6.04. The van der Waals surface area contributed by atoms with E-state index in [0.717, 1.165) is 16.6 Å². The summed E-state index contributed by atoms with van der Waals surface area (Å²) in [6.45, 7) is 0. The van der Waals surface area contributed by atoms with Crippen LogP contribution in [0.2, 0.25) is 5.15 Å². The number of carbonyl (C=O) groups is 1. The first-order valence-electron chi connectivity index (χ1n) is 6.37. The van der Waals surface area contributed by atoms with Crippen LogP contribution in [0.25, 0.3) is 22.3 Å². The van der Waals surface area contributed by atoms with E-state index in [1.165, 1.54) is 6.33 Å². The number of rotatable bonds is 2. The van der Waals surface area contributed by atoms with Crippen LogP contribution in [0.5, 0.6) is 0 Å². The molecule has 0 unspecified atom stereocenters. The Kier molecular flexibility index (Phi) is 3.35. The lowest BCUT2D eigenvalue weighted by Crippen LogP contribution is -2.21. The molecule has 0 aliphatic rings. The molecule has 0 atom stereocenters. The lowest BCUT2D eigenvalue weighted by atomic mass is 10.1. The van der Waals surface area contributed by atoms with Gasteiger partial charge in [0.2, 0.25) is 0 Å². The van der Waals surface area contributed by atoms with Crippen LogP contribution >= 0.6 is 11.6 Å². The van der Waals surface area contributed by atoms with E-state index in [2.05, 4.69) is 15.0 Å². The van der Waals surface area contributed by atoms with E-state index in [0.29, 0.717) is 16.4 Å². The second kappa shape index (κ2) is 5.18. The first-order chi connectivity index (χ1) is 10.1. The van der Waals surface area contributed by atoms with Gasteiger partial charge in [-0.05, 0) is 23.8 Å². The molecule has 0 aliphatic heterocycles. The molecule has 2 heterocycles. The van der Waals surface area contributed by atoms with Crippen molar-refractivity contribution in [3.8, 4) is 11.3 Å². The Labute approximate surface area is 126 Å². The van der Waals surface area contributed by atoms with Gasteiger partial charge in [-0.1, -0.05) is 23.7 Å². The van der Waals surface area contributed by atoms with Gasteiger partial charge in [0, 0.05) is 25.4 Å². The molecule has 6 heteroatoms. The SMILES string of the molecule is CN(C)C(=O)c1ccc(-c2cc3c(Cl)ncnc3[nH]2)cc1. The first-order valence-corrected chi connectivity index (χ1v) is 6.75. The summed E-state index contributed by atoms with van der Waals surface area (Å²) in [7, 11) is 3.46. The standard InChI is InChI=1S/C15H13ClN4O/c1-20(2)15(21)10-5-3-9(4-6-10)12-7-11-13(16)17-8-18-14(11)19-12/h3-8H,1-2H3,(H,17,18,19). The lowest BCUT2D eigenvalue weighted by Gasteiger charge is -2.10. The summed E-state index contributed by atoms with van der Waals surface area (Å²) in [5, 5.41) is 1.20. The van der Waals surface area contributed by atoms with Gasteiger partial charge in [-0.3, -0.25) is 4.79 Å². The smallest absolute Gasteiger partial charge is 0.253 e. The molecule has 106 valence electrons. The molecule has 0 aliphatic carbocycles. The van der Waals surface area contributed by atoms with E-state index in [1.807, 2.05) is 18.2 Å². The van der Waals surface area contributed by atoms with Crippen molar-refractivity contribution < 1.29 is 4.79 Å². The molecular formula is C15H13ClN4O. The van der Waals surface area contributed by atoms with Crippen molar-refractivity contribution in [2.75, 3.05) is 14.1 Å². The number of hydrogen-bond acceptors (Lipinski definition) is 3. The highest BCUT2D eigenvalue weighted by molar-refractivity contribution is 6.34. The number of fused-ring (bicyclic) bond motifs is 1. The van der Waals surface area contributed by atoms with Crippen molar-refractivity contribution in [2.45, 2.75) is 0 Å². The minimum Gasteiger partial charge on any atom is -0.345 e. The van der Waals surface area contributed by atoms with E-state index in [4.69, 9.17) is 11.6 Å². The summed E-state index contributed by atoms with van der Waals surface area (Å²) in [6, 6.07) is 9.29. The molecule has 21 heavy (non-hydrogen) atoms. The highest BCUT2D eigenvalue weighted by Crippen LogP contribution is 2.26. The van der Waals surface area contributed by atoms with Gasteiger partial charge in [-0.25, -0.2) is 9.97 Å². The van der Waals surface area contributed by atoms with Crippen molar-refractivity contribution in [1.29, 1.82) is 0 Å². The molecule has 3 rings (SSSR count). The van der Waals surface area contributed by atoms with Gasteiger partial charge in [0.05, 0.1) is 5.39 Å². The monoisotopic (exact) mass is 300 g/mol. The zero-order valence-corrected chi connectivity index (χ0v) is 12.3. The number of amides is 1. The summed E-state index contributed by atoms with van der Waals surface area (Å²) in [6.07, 6.45) is 1.42. The maximum absolute atomic E-state index is 11.9. The van der Waals surface area contributed by atoms with Gasteiger partial charge in [0.25, 0.3) is 5.91 Å². The molecule has 0 saturated heterocycles. The van der Waals surface area contributed by atoms with E-state index < -0.39 is 0 Å². The Morgan fingerprint density at radius 1 is 1.19 bits per heavy atom. The number of carbonyl (C=O) groups excluding carboxylic acids is 1. The lowest BCUT2D eigenvalue weighted by molar-refractivity contribution is 0.0827. The minimum absolute atomic E-state index is 0.0212. The van der Waals surface area contributed by atoms with Crippen LogP contribution < -0.4 is 0 Å². The predicted molar refractivity (Wildman–Crippen MR) is 82.4 cm³/mol. The Hall–Kier alpha value is -2.40. The molecule has 0 saturated carbocycles. The van der Waals surface area contributed by atoms with Crippen LogP contribution in [0.3, 0.4) is 0 Å². The number of aromatic nitrogens is 3. The molecular weight excluding hydrogens is 288 g/mol. The van der Waals surface area contributed by atoms with Crippen molar-refractivity contribution >= 4 is 28.5 Å². The van der Waals surface area contributed by atoms with E-state index in [-0.39, 0.29) is 5.91 Å². The number of benzene rings is 1. The number of halogens is 1. The molecule has 0 spiro atoms. The Morgan fingerprint density at radius 2 is 1.90 bits per heavy atom. The Bertz CT molecular complexity index is 808. The zero-order chi connectivity index (χ0) is 15.0. The van der Waals surface area contributed by atoms with Gasteiger partial charge in [-0.15, -0.1) is 0 Å². The van der Waals surface area contributed by atoms with Gasteiger partial charge < -0.3 is 9.88 Å². The number of hydrogen-bond donors (Lipinski definition) is 1. The van der Waals surface area contributed by atoms with Crippen LogP contribution in [-0.4, -0.2) is 39.9 Å². The molecule has 1 amide bonds. The molecule has 0 radical (unpaired) electrons. The molecule has 0 bridgehead atoms. The van der Waals surface area contributed by atoms with E-state index in [9.17, 15) is 4.79 Å².